The fraction of sp³-hybridized carbons (Fsp3) is 0.133. The summed E-state index contributed by atoms with van der Waals surface area (Å²) in [4.78, 5) is 12.2. The second-order valence-corrected chi connectivity index (χ2v) is 6.35. The zero-order chi connectivity index (χ0) is 14.0. The molecule has 1 N–H and O–H groups in total. The number of carbonyl (C=O) groups is 1. The molecule has 2 aromatic carbocycles. The Bertz CT molecular complexity index is 640. The SMILES string of the molecule is Cc1ccc(NC(=O)c2cccc(Br)c2C)cc1I. The van der Waals surface area contributed by atoms with E-state index in [2.05, 4.69) is 43.8 Å². The Morgan fingerprint density at radius 2 is 1.95 bits per heavy atom. The van der Waals surface area contributed by atoms with Crippen molar-refractivity contribution in [2.75, 3.05) is 5.32 Å². The number of aryl methyl sites for hydroxylation is 1. The molecule has 2 nitrogen and oxygen atoms in total. The summed E-state index contributed by atoms with van der Waals surface area (Å²) in [7, 11) is 0. The minimum absolute atomic E-state index is 0.0848. The molecule has 0 heterocycles. The standard InChI is InChI=1S/C15H13BrINO/c1-9-6-7-11(8-14(9)17)18-15(19)12-4-3-5-13(16)10(12)2/h3-8H,1-2H3,(H,18,19). The van der Waals surface area contributed by atoms with Crippen LogP contribution in [0.2, 0.25) is 0 Å². The van der Waals surface area contributed by atoms with E-state index in [0.717, 1.165) is 19.3 Å². The normalized spacial score (nSPS) is 10.3. The molecule has 0 atom stereocenters. The minimum Gasteiger partial charge on any atom is -0.322 e. The summed E-state index contributed by atoms with van der Waals surface area (Å²) in [6, 6.07) is 11.5. The van der Waals surface area contributed by atoms with Gasteiger partial charge in [-0.15, -0.1) is 0 Å². The molecular weight excluding hydrogens is 417 g/mol. The molecule has 2 rings (SSSR count). The molecular formula is C15H13BrINO. The van der Waals surface area contributed by atoms with E-state index in [1.165, 1.54) is 5.56 Å². The van der Waals surface area contributed by atoms with Crippen molar-refractivity contribution in [3.8, 4) is 0 Å². The minimum atomic E-state index is -0.0848. The largest absolute Gasteiger partial charge is 0.322 e. The molecule has 2 aromatic rings. The van der Waals surface area contributed by atoms with Gasteiger partial charge in [0.2, 0.25) is 0 Å². The first-order valence-corrected chi connectivity index (χ1v) is 7.69. The van der Waals surface area contributed by atoms with Crippen LogP contribution in [0.15, 0.2) is 40.9 Å². The predicted octanol–water partition coefficient (Wildman–Crippen LogP) is 4.92. The summed E-state index contributed by atoms with van der Waals surface area (Å²) in [6.07, 6.45) is 0. The molecule has 0 aliphatic heterocycles. The molecule has 98 valence electrons. The summed E-state index contributed by atoms with van der Waals surface area (Å²) in [5.41, 5.74) is 3.66. The number of anilines is 1. The maximum absolute atomic E-state index is 12.2. The summed E-state index contributed by atoms with van der Waals surface area (Å²) in [6.45, 7) is 3.98. The molecule has 4 heteroatoms. The fourth-order valence-corrected chi connectivity index (χ4v) is 2.60. The summed E-state index contributed by atoms with van der Waals surface area (Å²) >= 11 is 5.70. The number of rotatable bonds is 2. The van der Waals surface area contributed by atoms with E-state index >= 15 is 0 Å². The molecule has 0 bridgehead atoms. The Hall–Kier alpha value is -0.880. The number of hydrogen-bond donors (Lipinski definition) is 1. The third kappa shape index (κ3) is 3.36. The van der Waals surface area contributed by atoms with Gasteiger partial charge in [-0.05, 0) is 71.8 Å². The van der Waals surface area contributed by atoms with Gasteiger partial charge in [-0.2, -0.15) is 0 Å². The summed E-state index contributed by atoms with van der Waals surface area (Å²) in [5, 5.41) is 2.93. The maximum Gasteiger partial charge on any atom is 0.255 e. The molecule has 0 spiro atoms. The van der Waals surface area contributed by atoms with E-state index in [9.17, 15) is 4.79 Å². The zero-order valence-corrected chi connectivity index (χ0v) is 14.4. The average Bonchev–Trinajstić information content (AvgIpc) is 2.37. The van der Waals surface area contributed by atoms with Gasteiger partial charge >= 0.3 is 0 Å². The van der Waals surface area contributed by atoms with Crippen LogP contribution in [0.3, 0.4) is 0 Å². The second kappa shape index (κ2) is 6.05. The average molecular weight is 430 g/mol. The summed E-state index contributed by atoms with van der Waals surface area (Å²) in [5.74, 6) is -0.0848. The van der Waals surface area contributed by atoms with E-state index in [-0.39, 0.29) is 5.91 Å². The molecule has 0 radical (unpaired) electrons. The Morgan fingerprint density at radius 1 is 1.21 bits per heavy atom. The van der Waals surface area contributed by atoms with E-state index in [1.54, 1.807) is 0 Å². The van der Waals surface area contributed by atoms with E-state index in [1.807, 2.05) is 50.2 Å². The Balaban J connectivity index is 2.26. The smallest absolute Gasteiger partial charge is 0.255 e. The van der Waals surface area contributed by atoms with Crippen molar-refractivity contribution in [3.05, 3.63) is 61.1 Å². The van der Waals surface area contributed by atoms with Crippen LogP contribution in [-0.2, 0) is 0 Å². The second-order valence-electron chi connectivity index (χ2n) is 4.33. The number of halogens is 2. The Morgan fingerprint density at radius 3 is 2.63 bits per heavy atom. The van der Waals surface area contributed by atoms with Crippen LogP contribution in [0.4, 0.5) is 5.69 Å². The predicted molar refractivity (Wildman–Crippen MR) is 90.7 cm³/mol. The molecule has 1 amide bonds. The molecule has 0 saturated carbocycles. The number of nitrogens with one attached hydrogen (secondary N) is 1. The van der Waals surface area contributed by atoms with Gasteiger partial charge in [-0.25, -0.2) is 0 Å². The topological polar surface area (TPSA) is 29.1 Å². The molecule has 0 unspecified atom stereocenters. The third-order valence-electron chi connectivity index (χ3n) is 2.94. The number of amides is 1. The quantitative estimate of drug-likeness (QED) is 0.674. The fourth-order valence-electron chi connectivity index (χ4n) is 1.72. The van der Waals surface area contributed by atoms with Crippen LogP contribution < -0.4 is 5.32 Å². The first kappa shape index (κ1) is 14.5. The van der Waals surface area contributed by atoms with Gasteiger partial charge in [0, 0.05) is 19.3 Å². The van der Waals surface area contributed by atoms with Crippen LogP contribution in [0.1, 0.15) is 21.5 Å². The van der Waals surface area contributed by atoms with Gasteiger partial charge < -0.3 is 5.32 Å². The highest BCUT2D eigenvalue weighted by Gasteiger charge is 2.11. The lowest BCUT2D eigenvalue weighted by atomic mass is 10.1. The Labute approximate surface area is 134 Å². The first-order valence-electron chi connectivity index (χ1n) is 5.81. The lowest BCUT2D eigenvalue weighted by Crippen LogP contribution is -2.13. The number of benzene rings is 2. The van der Waals surface area contributed by atoms with Gasteiger partial charge in [0.25, 0.3) is 5.91 Å². The number of carbonyl (C=O) groups excluding carboxylic acids is 1. The van der Waals surface area contributed by atoms with Crippen molar-refractivity contribution in [2.24, 2.45) is 0 Å². The van der Waals surface area contributed by atoms with Gasteiger partial charge in [-0.3, -0.25) is 4.79 Å². The third-order valence-corrected chi connectivity index (χ3v) is 4.96. The van der Waals surface area contributed by atoms with Gasteiger partial charge in [-0.1, -0.05) is 28.1 Å². The highest BCUT2D eigenvalue weighted by atomic mass is 127. The van der Waals surface area contributed by atoms with Crippen LogP contribution in [0.25, 0.3) is 0 Å². The van der Waals surface area contributed by atoms with Gasteiger partial charge in [0.05, 0.1) is 0 Å². The molecule has 0 aliphatic rings. The lowest BCUT2D eigenvalue weighted by molar-refractivity contribution is 0.102. The van der Waals surface area contributed by atoms with Gasteiger partial charge in [0.15, 0.2) is 0 Å². The molecule has 0 aliphatic carbocycles. The number of hydrogen-bond acceptors (Lipinski definition) is 1. The van der Waals surface area contributed by atoms with Crippen molar-refractivity contribution in [1.29, 1.82) is 0 Å². The van der Waals surface area contributed by atoms with Crippen LogP contribution in [-0.4, -0.2) is 5.91 Å². The van der Waals surface area contributed by atoms with Crippen molar-refractivity contribution in [1.82, 2.24) is 0 Å². The van der Waals surface area contributed by atoms with E-state index in [0.29, 0.717) is 5.56 Å². The molecule has 0 aromatic heterocycles. The maximum atomic E-state index is 12.2. The molecule has 0 saturated heterocycles. The Kier molecular flexibility index (Phi) is 4.62. The lowest BCUT2D eigenvalue weighted by Gasteiger charge is -2.10. The molecule has 19 heavy (non-hydrogen) atoms. The van der Waals surface area contributed by atoms with Crippen LogP contribution >= 0.6 is 38.5 Å². The first-order chi connectivity index (χ1) is 8.99. The van der Waals surface area contributed by atoms with Crippen molar-refractivity contribution in [2.45, 2.75) is 13.8 Å². The van der Waals surface area contributed by atoms with Gasteiger partial charge in [0.1, 0.15) is 0 Å². The van der Waals surface area contributed by atoms with E-state index < -0.39 is 0 Å². The van der Waals surface area contributed by atoms with E-state index in [4.69, 9.17) is 0 Å². The molecule has 0 fully saturated rings. The van der Waals surface area contributed by atoms with Crippen molar-refractivity contribution in [3.63, 3.8) is 0 Å². The van der Waals surface area contributed by atoms with Crippen molar-refractivity contribution >= 4 is 50.1 Å². The summed E-state index contributed by atoms with van der Waals surface area (Å²) < 4.78 is 2.08. The van der Waals surface area contributed by atoms with Crippen LogP contribution in [0, 0.1) is 17.4 Å². The highest BCUT2D eigenvalue weighted by Crippen LogP contribution is 2.22. The zero-order valence-electron chi connectivity index (χ0n) is 10.6. The highest BCUT2D eigenvalue weighted by molar-refractivity contribution is 14.1. The monoisotopic (exact) mass is 429 g/mol. The van der Waals surface area contributed by atoms with Crippen molar-refractivity contribution < 1.29 is 4.79 Å². The van der Waals surface area contributed by atoms with Crippen LogP contribution in [0.5, 0.6) is 0 Å².